The summed E-state index contributed by atoms with van der Waals surface area (Å²) in [5.41, 5.74) is 0.772. The number of hydrogen-bond donors (Lipinski definition) is 1. The SMILES string of the molecule is COc1ccc(-c2nnc(NC(=O)COc3ccccc3F)s2)cc1OC. The maximum absolute atomic E-state index is 13.5. The smallest absolute Gasteiger partial charge is 0.264 e. The highest BCUT2D eigenvalue weighted by Crippen LogP contribution is 2.34. The van der Waals surface area contributed by atoms with Crippen molar-refractivity contribution in [1.82, 2.24) is 10.2 Å². The fourth-order valence-corrected chi connectivity index (χ4v) is 2.98. The van der Waals surface area contributed by atoms with Crippen molar-refractivity contribution >= 4 is 22.4 Å². The molecule has 140 valence electrons. The molecular formula is C18H16FN3O4S. The van der Waals surface area contributed by atoms with E-state index in [9.17, 15) is 9.18 Å². The number of anilines is 1. The highest BCUT2D eigenvalue weighted by Gasteiger charge is 2.13. The number of aromatic nitrogens is 2. The number of hydrogen-bond acceptors (Lipinski definition) is 7. The molecular weight excluding hydrogens is 373 g/mol. The van der Waals surface area contributed by atoms with E-state index in [1.165, 1.54) is 23.5 Å². The molecule has 3 rings (SSSR count). The molecule has 0 atom stereocenters. The molecule has 3 aromatic rings. The van der Waals surface area contributed by atoms with Crippen LogP contribution in [0.15, 0.2) is 42.5 Å². The van der Waals surface area contributed by atoms with Crippen molar-refractivity contribution in [2.75, 3.05) is 26.1 Å². The number of rotatable bonds is 7. The van der Waals surface area contributed by atoms with E-state index in [0.29, 0.717) is 21.6 Å². The molecule has 0 radical (unpaired) electrons. The van der Waals surface area contributed by atoms with Crippen molar-refractivity contribution in [1.29, 1.82) is 0 Å². The lowest BCUT2D eigenvalue weighted by Gasteiger charge is -2.07. The van der Waals surface area contributed by atoms with Gasteiger partial charge in [-0.3, -0.25) is 10.1 Å². The van der Waals surface area contributed by atoms with Gasteiger partial charge in [0.15, 0.2) is 29.7 Å². The third kappa shape index (κ3) is 4.50. The summed E-state index contributed by atoms with van der Waals surface area (Å²) in [7, 11) is 3.10. The van der Waals surface area contributed by atoms with Crippen LogP contribution in [0, 0.1) is 5.82 Å². The Morgan fingerprint density at radius 1 is 1.07 bits per heavy atom. The number of ether oxygens (including phenoxy) is 3. The van der Waals surface area contributed by atoms with Gasteiger partial charge in [-0.1, -0.05) is 23.5 Å². The first kappa shape index (κ1) is 18.6. The summed E-state index contributed by atoms with van der Waals surface area (Å²) in [4.78, 5) is 12.0. The summed E-state index contributed by atoms with van der Waals surface area (Å²) in [6.45, 7) is -0.341. The minimum atomic E-state index is -0.531. The van der Waals surface area contributed by atoms with Gasteiger partial charge in [0.1, 0.15) is 5.01 Å². The number of amides is 1. The van der Waals surface area contributed by atoms with E-state index in [2.05, 4.69) is 15.5 Å². The molecule has 1 heterocycles. The quantitative estimate of drug-likeness (QED) is 0.667. The van der Waals surface area contributed by atoms with Crippen LogP contribution in [0.25, 0.3) is 10.6 Å². The zero-order chi connectivity index (χ0) is 19.2. The molecule has 0 fully saturated rings. The third-order valence-corrected chi connectivity index (χ3v) is 4.39. The Bertz CT molecular complexity index is 948. The van der Waals surface area contributed by atoms with Crippen LogP contribution in [-0.2, 0) is 4.79 Å². The molecule has 0 aliphatic heterocycles. The van der Waals surface area contributed by atoms with E-state index >= 15 is 0 Å². The average Bonchev–Trinajstić information content (AvgIpc) is 3.15. The molecule has 9 heteroatoms. The summed E-state index contributed by atoms with van der Waals surface area (Å²) < 4.78 is 29.1. The number of carbonyl (C=O) groups is 1. The molecule has 1 amide bonds. The first-order chi connectivity index (χ1) is 13.1. The summed E-state index contributed by atoms with van der Waals surface area (Å²) in [6, 6.07) is 11.2. The lowest BCUT2D eigenvalue weighted by atomic mass is 10.2. The van der Waals surface area contributed by atoms with Gasteiger partial charge in [-0.2, -0.15) is 0 Å². The molecule has 0 aliphatic rings. The van der Waals surface area contributed by atoms with Crippen LogP contribution < -0.4 is 19.5 Å². The van der Waals surface area contributed by atoms with Gasteiger partial charge in [-0.15, -0.1) is 10.2 Å². The topological polar surface area (TPSA) is 82.6 Å². The van der Waals surface area contributed by atoms with E-state index in [-0.39, 0.29) is 12.4 Å². The van der Waals surface area contributed by atoms with Crippen LogP contribution in [-0.4, -0.2) is 36.9 Å². The second-order valence-electron chi connectivity index (χ2n) is 5.25. The highest BCUT2D eigenvalue weighted by atomic mass is 32.1. The number of nitrogens with one attached hydrogen (secondary N) is 1. The predicted octanol–water partition coefficient (Wildman–Crippen LogP) is 3.38. The Labute approximate surface area is 158 Å². The fourth-order valence-electron chi connectivity index (χ4n) is 2.22. The van der Waals surface area contributed by atoms with E-state index in [1.807, 2.05) is 6.07 Å². The van der Waals surface area contributed by atoms with Gasteiger partial charge >= 0.3 is 0 Å². The van der Waals surface area contributed by atoms with E-state index in [0.717, 1.165) is 5.56 Å². The van der Waals surface area contributed by atoms with Gasteiger partial charge in [0.25, 0.3) is 5.91 Å². The maximum atomic E-state index is 13.5. The Morgan fingerprint density at radius 2 is 1.85 bits per heavy atom. The summed E-state index contributed by atoms with van der Waals surface area (Å²) >= 11 is 1.19. The minimum Gasteiger partial charge on any atom is -0.493 e. The largest absolute Gasteiger partial charge is 0.493 e. The van der Waals surface area contributed by atoms with Crippen molar-refractivity contribution in [3.05, 3.63) is 48.3 Å². The Morgan fingerprint density at radius 3 is 2.59 bits per heavy atom. The maximum Gasteiger partial charge on any atom is 0.264 e. The van der Waals surface area contributed by atoms with Gasteiger partial charge in [0, 0.05) is 5.56 Å². The summed E-state index contributed by atoms with van der Waals surface area (Å²) in [5.74, 6) is 0.180. The van der Waals surface area contributed by atoms with E-state index < -0.39 is 11.7 Å². The lowest BCUT2D eigenvalue weighted by Crippen LogP contribution is -2.20. The molecule has 0 aliphatic carbocycles. The summed E-state index contributed by atoms with van der Waals surface area (Å²) in [6.07, 6.45) is 0. The number of methoxy groups -OCH3 is 2. The Balaban J connectivity index is 1.64. The zero-order valence-corrected chi connectivity index (χ0v) is 15.4. The molecule has 27 heavy (non-hydrogen) atoms. The van der Waals surface area contributed by atoms with Crippen LogP contribution in [0.2, 0.25) is 0 Å². The van der Waals surface area contributed by atoms with Crippen LogP contribution in [0.3, 0.4) is 0 Å². The Hall–Kier alpha value is -3.20. The standard InChI is InChI=1S/C18H16FN3O4S/c1-24-14-8-7-11(9-15(14)25-2)17-21-22-18(27-17)20-16(23)10-26-13-6-4-3-5-12(13)19/h3-9H,10H2,1-2H3,(H,20,22,23). The molecule has 7 nitrogen and oxygen atoms in total. The van der Waals surface area contributed by atoms with Gasteiger partial charge in [-0.05, 0) is 30.3 Å². The van der Waals surface area contributed by atoms with Gasteiger partial charge in [-0.25, -0.2) is 4.39 Å². The molecule has 0 saturated carbocycles. The lowest BCUT2D eigenvalue weighted by molar-refractivity contribution is -0.118. The van der Waals surface area contributed by atoms with E-state index in [1.54, 1.807) is 38.5 Å². The number of nitrogens with zero attached hydrogens (tertiary/aromatic N) is 2. The van der Waals surface area contributed by atoms with Crippen molar-refractivity contribution in [3.63, 3.8) is 0 Å². The monoisotopic (exact) mass is 389 g/mol. The van der Waals surface area contributed by atoms with Gasteiger partial charge < -0.3 is 14.2 Å². The van der Waals surface area contributed by atoms with Crippen LogP contribution in [0.5, 0.6) is 17.2 Å². The molecule has 0 saturated heterocycles. The Kier molecular flexibility index (Phi) is 5.82. The van der Waals surface area contributed by atoms with Crippen molar-refractivity contribution in [2.45, 2.75) is 0 Å². The van der Waals surface area contributed by atoms with Crippen molar-refractivity contribution in [2.24, 2.45) is 0 Å². The second kappa shape index (κ2) is 8.45. The molecule has 1 aromatic heterocycles. The third-order valence-electron chi connectivity index (χ3n) is 3.50. The van der Waals surface area contributed by atoms with Crippen molar-refractivity contribution < 1.29 is 23.4 Å². The number of para-hydroxylation sites is 1. The molecule has 0 spiro atoms. The molecule has 0 bridgehead atoms. The molecule has 1 N–H and O–H groups in total. The van der Waals surface area contributed by atoms with Gasteiger partial charge in [0.05, 0.1) is 14.2 Å². The summed E-state index contributed by atoms with van der Waals surface area (Å²) in [5, 5.41) is 11.5. The number of halogens is 1. The van der Waals surface area contributed by atoms with Crippen LogP contribution in [0.4, 0.5) is 9.52 Å². The highest BCUT2D eigenvalue weighted by molar-refractivity contribution is 7.18. The minimum absolute atomic E-state index is 0.0101. The van der Waals surface area contributed by atoms with Crippen LogP contribution in [0.1, 0.15) is 0 Å². The molecule has 0 unspecified atom stereocenters. The predicted molar refractivity (Wildman–Crippen MR) is 99.0 cm³/mol. The van der Waals surface area contributed by atoms with Crippen LogP contribution >= 0.6 is 11.3 Å². The van der Waals surface area contributed by atoms with E-state index in [4.69, 9.17) is 14.2 Å². The first-order valence-electron chi connectivity index (χ1n) is 7.84. The first-order valence-corrected chi connectivity index (χ1v) is 8.65. The second-order valence-corrected chi connectivity index (χ2v) is 6.23. The van der Waals surface area contributed by atoms with Gasteiger partial charge in [0.2, 0.25) is 5.13 Å². The fraction of sp³-hybridized carbons (Fsp3) is 0.167. The zero-order valence-electron chi connectivity index (χ0n) is 14.6. The molecule has 2 aromatic carbocycles. The normalized spacial score (nSPS) is 10.3. The number of carbonyl (C=O) groups excluding carboxylic acids is 1. The van der Waals surface area contributed by atoms with Crippen molar-refractivity contribution in [3.8, 4) is 27.8 Å². The average molecular weight is 389 g/mol. The number of benzene rings is 2.